The SMILES string of the molecule is CCCc1nc2c(c(C)nn2C)n1Cc1ccc(-c2ccccc2-c2nnn[nH]2)cc1. The van der Waals surface area contributed by atoms with Crippen molar-refractivity contribution in [2.45, 2.75) is 33.2 Å². The molecule has 0 aliphatic heterocycles. The first-order valence-corrected chi connectivity index (χ1v) is 10.5. The maximum absolute atomic E-state index is 4.87. The van der Waals surface area contributed by atoms with E-state index in [1.54, 1.807) is 0 Å². The lowest BCUT2D eigenvalue weighted by atomic mass is 9.98. The molecule has 0 spiro atoms. The summed E-state index contributed by atoms with van der Waals surface area (Å²) >= 11 is 0. The van der Waals surface area contributed by atoms with Gasteiger partial charge in [-0.3, -0.25) is 0 Å². The quantitative estimate of drug-likeness (QED) is 0.456. The van der Waals surface area contributed by atoms with Gasteiger partial charge in [-0.15, -0.1) is 5.10 Å². The number of hydrogen-bond acceptors (Lipinski definition) is 5. The van der Waals surface area contributed by atoms with Crippen molar-refractivity contribution in [2.75, 3.05) is 0 Å². The summed E-state index contributed by atoms with van der Waals surface area (Å²) in [4.78, 5) is 4.87. The third-order valence-corrected chi connectivity index (χ3v) is 5.58. The number of benzene rings is 2. The summed E-state index contributed by atoms with van der Waals surface area (Å²) in [6.45, 7) is 5.01. The zero-order chi connectivity index (χ0) is 21.4. The standard InChI is InChI=1S/C23H24N8/c1-4-7-20-24-23-21(15(2)27-30(23)3)31(20)14-16-10-12-17(13-11-16)18-8-5-6-9-19(18)22-25-28-29-26-22/h5-6,8-13H,4,7,14H2,1-3H3,(H,25,26,28,29). The molecule has 1 N–H and O–H groups in total. The van der Waals surface area contributed by atoms with Crippen molar-refractivity contribution >= 4 is 11.2 Å². The Morgan fingerprint density at radius 1 is 1.00 bits per heavy atom. The minimum atomic E-state index is 0.664. The van der Waals surface area contributed by atoms with Crippen molar-refractivity contribution in [1.29, 1.82) is 0 Å². The molecule has 8 heteroatoms. The van der Waals surface area contributed by atoms with E-state index in [1.807, 2.05) is 29.9 Å². The molecular weight excluding hydrogens is 388 g/mol. The first-order valence-electron chi connectivity index (χ1n) is 10.5. The topological polar surface area (TPSA) is 90.1 Å². The Kier molecular flexibility index (Phi) is 4.82. The molecule has 0 amide bonds. The molecule has 0 saturated carbocycles. The largest absolute Gasteiger partial charge is 0.321 e. The van der Waals surface area contributed by atoms with Crippen molar-refractivity contribution < 1.29 is 0 Å². The molecule has 0 aliphatic rings. The summed E-state index contributed by atoms with van der Waals surface area (Å²) in [5, 5.41) is 18.9. The molecule has 5 aromatic rings. The zero-order valence-electron chi connectivity index (χ0n) is 17.9. The van der Waals surface area contributed by atoms with Crippen LogP contribution in [0, 0.1) is 6.92 Å². The summed E-state index contributed by atoms with van der Waals surface area (Å²) < 4.78 is 4.18. The molecule has 3 heterocycles. The molecule has 3 aromatic heterocycles. The fourth-order valence-corrected chi connectivity index (χ4v) is 4.16. The van der Waals surface area contributed by atoms with Crippen LogP contribution in [0.1, 0.15) is 30.4 Å². The molecule has 8 nitrogen and oxygen atoms in total. The highest BCUT2D eigenvalue weighted by Crippen LogP contribution is 2.30. The first kappa shape index (κ1) is 19.2. The predicted octanol–water partition coefficient (Wildman–Crippen LogP) is 3.93. The van der Waals surface area contributed by atoms with Crippen LogP contribution >= 0.6 is 0 Å². The third-order valence-electron chi connectivity index (χ3n) is 5.58. The van der Waals surface area contributed by atoms with E-state index in [1.165, 1.54) is 5.56 Å². The van der Waals surface area contributed by atoms with Crippen molar-refractivity contribution in [1.82, 2.24) is 40.0 Å². The number of imidazole rings is 1. The molecule has 0 atom stereocenters. The number of nitrogens with one attached hydrogen (secondary N) is 1. The van der Waals surface area contributed by atoms with Crippen LogP contribution in [-0.4, -0.2) is 40.0 Å². The van der Waals surface area contributed by atoms with Gasteiger partial charge in [0.1, 0.15) is 11.3 Å². The zero-order valence-corrected chi connectivity index (χ0v) is 17.9. The Balaban J connectivity index is 1.50. The van der Waals surface area contributed by atoms with Gasteiger partial charge >= 0.3 is 0 Å². The number of H-pyrrole nitrogens is 1. The Bertz CT molecular complexity index is 1330. The van der Waals surface area contributed by atoms with Gasteiger partial charge < -0.3 is 4.57 Å². The van der Waals surface area contributed by atoms with E-state index in [0.29, 0.717) is 5.82 Å². The molecule has 0 unspecified atom stereocenters. The van der Waals surface area contributed by atoms with E-state index in [4.69, 9.17) is 4.98 Å². The van der Waals surface area contributed by atoms with E-state index < -0.39 is 0 Å². The second-order valence-corrected chi connectivity index (χ2v) is 7.74. The van der Waals surface area contributed by atoms with Crippen LogP contribution in [0.3, 0.4) is 0 Å². The highest BCUT2D eigenvalue weighted by molar-refractivity contribution is 5.80. The van der Waals surface area contributed by atoms with Crippen LogP contribution in [0.4, 0.5) is 0 Å². The van der Waals surface area contributed by atoms with Crippen LogP contribution in [0.2, 0.25) is 0 Å². The molecule has 5 rings (SSSR count). The average molecular weight is 413 g/mol. The number of nitrogens with zero attached hydrogens (tertiary/aromatic N) is 7. The van der Waals surface area contributed by atoms with E-state index in [2.05, 4.69) is 74.5 Å². The lowest BCUT2D eigenvalue weighted by Crippen LogP contribution is -2.06. The Morgan fingerprint density at radius 2 is 1.77 bits per heavy atom. The van der Waals surface area contributed by atoms with Crippen LogP contribution in [-0.2, 0) is 20.0 Å². The predicted molar refractivity (Wildman–Crippen MR) is 119 cm³/mol. The van der Waals surface area contributed by atoms with Crippen molar-refractivity contribution in [2.24, 2.45) is 7.05 Å². The van der Waals surface area contributed by atoms with Gasteiger partial charge in [-0.2, -0.15) is 5.10 Å². The molecule has 0 bridgehead atoms. The van der Waals surface area contributed by atoms with Gasteiger partial charge in [-0.1, -0.05) is 55.5 Å². The summed E-state index contributed by atoms with van der Waals surface area (Å²) in [5.74, 6) is 1.78. The average Bonchev–Trinajstić information content (AvgIpc) is 3.49. The first-order chi connectivity index (χ1) is 15.2. The number of fused-ring (bicyclic) bond motifs is 1. The molecule has 31 heavy (non-hydrogen) atoms. The lowest BCUT2D eigenvalue weighted by Gasteiger charge is -2.11. The minimum Gasteiger partial charge on any atom is -0.321 e. The van der Waals surface area contributed by atoms with Gasteiger partial charge in [0.2, 0.25) is 0 Å². The lowest BCUT2D eigenvalue weighted by molar-refractivity contribution is 0.708. The van der Waals surface area contributed by atoms with Gasteiger partial charge in [-0.05, 0) is 40.5 Å². The maximum atomic E-state index is 4.87. The van der Waals surface area contributed by atoms with E-state index in [9.17, 15) is 0 Å². The fourth-order valence-electron chi connectivity index (χ4n) is 4.16. The Hall–Kier alpha value is -3.81. The van der Waals surface area contributed by atoms with Gasteiger partial charge in [0.15, 0.2) is 11.5 Å². The molecule has 156 valence electrons. The normalized spacial score (nSPS) is 11.5. The summed E-state index contributed by atoms with van der Waals surface area (Å²) in [5.41, 5.74) is 7.50. The number of tetrazole rings is 1. The Morgan fingerprint density at radius 3 is 2.48 bits per heavy atom. The summed E-state index contributed by atoms with van der Waals surface area (Å²) in [6.07, 6.45) is 2.01. The molecular formula is C23H24N8. The van der Waals surface area contributed by atoms with Gasteiger partial charge in [0, 0.05) is 25.6 Å². The molecule has 0 saturated heterocycles. The Labute approximate surface area is 179 Å². The van der Waals surface area contributed by atoms with Crippen molar-refractivity contribution in [3.05, 3.63) is 65.6 Å². The second kappa shape index (κ2) is 7.79. The summed E-state index contributed by atoms with van der Waals surface area (Å²) in [7, 11) is 1.96. The van der Waals surface area contributed by atoms with Crippen molar-refractivity contribution in [3.8, 4) is 22.5 Å². The monoisotopic (exact) mass is 412 g/mol. The molecule has 0 radical (unpaired) electrons. The van der Waals surface area contributed by atoms with Gasteiger partial charge in [0.05, 0.1) is 5.69 Å². The van der Waals surface area contributed by atoms with Gasteiger partial charge in [-0.25, -0.2) is 14.8 Å². The number of hydrogen-bond donors (Lipinski definition) is 1. The highest BCUT2D eigenvalue weighted by atomic mass is 15.5. The van der Waals surface area contributed by atoms with Crippen molar-refractivity contribution in [3.63, 3.8) is 0 Å². The highest BCUT2D eigenvalue weighted by Gasteiger charge is 2.17. The number of rotatable bonds is 6. The van der Waals surface area contributed by atoms with Crippen LogP contribution in [0.15, 0.2) is 48.5 Å². The molecule has 2 aromatic carbocycles. The number of aromatic nitrogens is 8. The number of aromatic amines is 1. The third kappa shape index (κ3) is 3.39. The smallest absolute Gasteiger partial charge is 0.180 e. The number of aryl methyl sites for hydroxylation is 3. The maximum Gasteiger partial charge on any atom is 0.180 e. The second-order valence-electron chi connectivity index (χ2n) is 7.74. The van der Waals surface area contributed by atoms with Crippen LogP contribution in [0.5, 0.6) is 0 Å². The van der Waals surface area contributed by atoms with Crippen LogP contribution in [0.25, 0.3) is 33.7 Å². The molecule has 0 fully saturated rings. The van der Waals surface area contributed by atoms with Gasteiger partial charge in [0.25, 0.3) is 0 Å². The summed E-state index contributed by atoms with van der Waals surface area (Å²) in [6, 6.07) is 16.8. The van der Waals surface area contributed by atoms with Crippen LogP contribution < -0.4 is 0 Å². The fraction of sp³-hybridized carbons (Fsp3) is 0.261. The van der Waals surface area contributed by atoms with E-state index in [0.717, 1.165) is 58.8 Å². The molecule has 0 aliphatic carbocycles. The van der Waals surface area contributed by atoms with E-state index >= 15 is 0 Å². The minimum absolute atomic E-state index is 0.664. The van der Waals surface area contributed by atoms with E-state index in [-0.39, 0.29) is 0 Å².